The zero-order chi connectivity index (χ0) is 19.5. The molecular formula is C23H32O3Si. The normalized spacial score (nSPS) is 22.0. The third-order valence-corrected chi connectivity index (χ3v) is 10.7. The highest BCUT2D eigenvalue weighted by Crippen LogP contribution is 2.38. The first-order valence-corrected chi connectivity index (χ1v) is 11.8. The Morgan fingerprint density at radius 2 is 1.44 bits per heavy atom. The van der Waals surface area contributed by atoms with Crippen LogP contribution in [0.15, 0.2) is 60.7 Å². The monoisotopic (exact) mass is 384 g/mol. The largest absolute Gasteiger partial charge is 0.402 e. The highest BCUT2D eigenvalue weighted by molar-refractivity contribution is 6.99. The van der Waals surface area contributed by atoms with Crippen LogP contribution in [0.1, 0.15) is 40.5 Å². The van der Waals surface area contributed by atoms with E-state index in [0.717, 1.165) is 12.8 Å². The van der Waals surface area contributed by atoms with Crippen LogP contribution in [-0.4, -0.2) is 33.9 Å². The molecule has 2 aromatic rings. The quantitative estimate of drug-likeness (QED) is 0.702. The first-order valence-electron chi connectivity index (χ1n) is 9.85. The second-order valence-corrected chi connectivity index (χ2v) is 12.7. The summed E-state index contributed by atoms with van der Waals surface area (Å²) < 4.78 is 18.6. The van der Waals surface area contributed by atoms with Gasteiger partial charge in [0.15, 0.2) is 6.29 Å². The van der Waals surface area contributed by atoms with Crippen molar-refractivity contribution in [3.05, 3.63) is 60.7 Å². The van der Waals surface area contributed by atoms with E-state index < -0.39 is 8.32 Å². The summed E-state index contributed by atoms with van der Waals surface area (Å²) in [5.74, 6) is 0. The highest BCUT2D eigenvalue weighted by atomic mass is 28.4. The van der Waals surface area contributed by atoms with Crippen LogP contribution in [0.2, 0.25) is 5.04 Å². The summed E-state index contributed by atoms with van der Waals surface area (Å²) in [5.41, 5.74) is 0. The molecule has 2 aromatic carbocycles. The lowest BCUT2D eigenvalue weighted by Crippen LogP contribution is -2.68. The fraction of sp³-hybridized carbons (Fsp3) is 0.478. The molecule has 0 amide bonds. The maximum absolute atomic E-state index is 7.11. The number of methoxy groups -OCH3 is 1. The summed E-state index contributed by atoms with van der Waals surface area (Å²) in [6.07, 6.45) is 1.85. The van der Waals surface area contributed by atoms with Crippen LogP contribution >= 0.6 is 0 Å². The number of rotatable bonds is 6. The molecule has 0 saturated carbocycles. The van der Waals surface area contributed by atoms with E-state index in [1.54, 1.807) is 7.11 Å². The van der Waals surface area contributed by atoms with Gasteiger partial charge in [-0.05, 0) is 28.8 Å². The maximum Gasteiger partial charge on any atom is 0.261 e. The third kappa shape index (κ3) is 4.04. The molecule has 27 heavy (non-hydrogen) atoms. The van der Waals surface area contributed by atoms with Gasteiger partial charge in [0.05, 0.1) is 12.2 Å². The molecule has 3 atom stereocenters. The van der Waals surface area contributed by atoms with Gasteiger partial charge in [-0.3, -0.25) is 0 Å². The van der Waals surface area contributed by atoms with Crippen molar-refractivity contribution >= 4 is 18.7 Å². The zero-order valence-corrected chi connectivity index (χ0v) is 18.1. The molecule has 0 bridgehead atoms. The Labute approximate surface area is 164 Å². The molecule has 1 aliphatic rings. The van der Waals surface area contributed by atoms with Crippen molar-refractivity contribution in [1.29, 1.82) is 0 Å². The summed E-state index contributed by atoms with van der Waals surface area (Å²) in [6.45, 7) is 9.07. The Balaban J connectivity index is 2.04. The van der Waals surface area contributed by atoms with Gasteiger partial charge in [0.25, 0.3) is 8.32 Å². The highest BCUT2D eigenvalue weighted by Gasteiger charge is 2.52. The predicted octanol–water partition coefficient (Wildman–Crippen LogP) is 4.10. The van der Waals surface area contributed by atoms with Crippen LogP contribution in [0, 0.1) is 0 Å². The van der Waals surface area contributed by atoms with Gasteiger partial charge in [-0.1, -0.05) is 81.4 Å². The Hall–Kier alpha value is -1.46. The van der Waals surface area contributed by atoms with Gasteiger partial charge >= 0.3 is 0 Å². The van der Waals surface area contributed by atoms with E-state index in [4.69, 9.17) is 13.9 Å². The first kappa shape index (κ1) is 20.3. The molecule has 3 rings (SSSR count). The Morgan fingerprint density at radius 1 is 0.926 bits per heavy atom. The molecule has 4 heteroatoms. The van der Waals surface area contributed by atoms with Crippen LogP contribution in [0.5, 0.6) is 0 Å². The topological polar surface area (TPSA) is 27.7 Å². The molecule has 0 unspecified atom stereocenters. The Morgan fingerprint density at radius 3 is 1.85 bits per heavy atom. The molecule has 1 aliphatic heterocycles. The van der Waals surface area contributed by atoms with E-state index in [0.29, 0.717) is 0 Å². The predicted molar refractivity (Wildman–Crippen MR) is 113 cm³/mol. The van der Waals surface area contributed by atoms with Crippen molar-refractivity contribution < 1.29 is 13.9 Å². The standard InChI is InChI=1S/C23H32O3Si/c1-18(21-16-17-22(24-5)25-21)26-27(23(2,3)4,19-12-8-6-9-13-19)20-14-10-7-11-15-20/h6-15,18,21-22H,16-17H2,1-5H3/t18-,21+,22-/m1/s1. The second kappa shape index (κ2) is 8.27. The molecule has 146 valence electrons. The minimum absolute atomic E-state index is 0.00328. The SMILES string of the molecule is CO[C@H]1CC[C@@H]([C@@H](C)O[Si](c2ccccc2)(c2ccccc2)C(C)(C)C)O1. The third-order valence-electron chi connectivity index (χ3n) is 5.58. The fourth-order valence-corrected chi connectivity index (χ4v) is 8.92. The van der Waals surface area contributed by atoms with E-state index in [2.05, 4.69) is 88.4 Å². The lowest BCUT2D eigenvalue weighted by Gasteiger charge is -2.45. The summed E-state index contributed by atoms with van der Waals surface area (Å²) in [4.78, 5) is 0. The summed E-state index contributed by atoms with van der Waals surface area (Å²) >= 11 is 0. The minimum atomic E-state index is -2.53. The molecular weight excluding hydrogens is 352 g/mol. The van der Waals surface area contributed by atoms with Gasteiger partial charge in [0.1, 0.15) is 0 Å². The van der Waals surface area contributed by atoms with Gasteiger partial charge in [-0.25, -0.2) is 0 Å². The zero-order valence-electron chi connectivity index (χ0n) is 17.1. The van der Waals surface area contributed by atoms with Crippen molar-refractivity contribution in [1.82, 2.24) is 0 Å². The van der Waals surface area contributed by atoms with Crippen molar-refractivity contribution in [3.8, 4) is 0 Å². The van der Waals surface area contributed by atoms with Crippen molar-refractivity contribution in [3.63, 3.8) is 0 Å². The second-order valence-electron chi connectivity index (χ2n) is 8.40. The number of ether oxygens (including phenoxy) is 2. The molecule has 0 aliphatic carbocycles. The van der Waals surface area contributed by atoms with Crippen LogP contribution in [0.4, 0.5) is 0 Å². The van der Waals surface area contributed by atoms with Gasteiger partial charge in [0, 0.05) is 13.5 Å². The summed E-state index contributed by atoms with van der Waals surface area (Å²) in [7, 11) is -0.824. The fourth-order valence-electron chi connectivity index (χ4n) is 4.20. The molecule has 1 heterocycles. The Bertz CT molecular complexity index is 672. The molecule has 3 nitrogen and oxygen atoms in total. The van der Waals surface area contributed by atoms with Crippen LogP contribution in [0.3, 0.4) is 0 Å². The van der Waals surface area contributed by atoms with E-state index in [1.807, 2.05) is 0 Å². The van der Waals surface area contributed by atoms with Crippen molar-refractivity contribution in [2.75, 3.05) is 7.11 Å². The first-order chi connectivity index (χ1) is 12.9. The van der Waals surface area contributed by atoms with Gasteiger partial charge in [0.2, 0.25) is 0 Å². The lowest BCUT2D eigenvalue weighted by atomic mass is 10.1. The molecule has 0 N–H and O–H groups in total. The average Bonchev–Trinajstić information content (AvgIpc) is 3.16. The van der Waals surface area contributed by atoms with Crippen LogP contribution in [-0.2, 0) is 13.9 Å². The van der Waals surface area contributed by atoms with Gasteiger partial charge in [-0.15, -0.1) is 0 Å². The average molecular weight is 385 g/mol. The smallest absolute Gasteiger partial charge is 0.261 e. The van der Waals surface area contributed by atoms with E-state index in [1.165, 1.54) is 10.4 Å². The molecule has 0 aromatic heterocycles. The molecule has 0 spiro atoms. The lowest BCUT2D eigenvalue weighted by molar-refractivity contribution is -0.133. The summed E-state index contributed by atoms with van der Waals surface area (Å²) in [5, 5.41) is 2.58. The molecule has 1 fully saturated rings. The maximum atomic E-state index is 7.11. The van der Waals surface area contributed by atoms with E-state index in [-0.39, 0.29) is 23.5 Å². The van der Waals surface area contributed by atoms with Crippen LogP contribution < -0.4 is 10.4 Å². The summed E-state index contributed by atoms with van der Waals surface area (Å²) in [6, 6.07) is 21.5. The van der Waals surface area contributed by atoms with Gasteiger partial charge < -0.3 is 13.9 Å². The molecule has 1 saturated heterocycles. The van der Waals surface area contributed by atoms with E-state index >= 15 is 0 Å². The van der Waals surface area contributed by atoms with Gasteiger partial charge in [-0.2, -0.15) is 0 Å². The number of hydrogen-bond acceptors (Lipinski definition) is 3. The van der Waals surface area contributed by atoms with Crippen molar-refractivity contribution in [2.45, 2.75) is 64.1 Å². The van der Waals surface area contributed by atoms with Crippen molar-refractivity contribution in [2.24, 2.45) is 0 Å². The number of hydrogen-bond donors (Lipinski definition) is 0. The Kier molecular flexibility index (Phi) is 6.21. The van der Waals surface area contributed by atoms with Crippen LogP contribution in [0.25, 0.3) is 0 Å². The molecule has 0 radical (unpaired) electrons. The number of benzene rings is 2. The van der Waals surface area contributed by atoms with E-state index in [9.17, 15) is 0 Å². The minimum Gasteiger partial charge on any atom is -0.402 e.